The van der Waals surface area contributed by atoms with Crippen molar-refractivity contribution in [1.29, 1.82) is 0 Å². The van der Waals surface area contributed by atoms with Crippen LogP contribution in [0.1, 0.15) is 23.2 Å². The molecule has 5 nitrogen and oxygen atoms in total. The van der Waals surface area contributed by atoms with E-state index in [1.54, 1.807) is 16.9 Å². The van der Waals surface area contributed by atoms with Crippen LogP contribution < -0.4 is 4.90 Å². The van der Waals surface area contributed by atoms with Gasteiger partial charge in [-0.25, -0.2) is 9.50 Å². The lowest BCUT2D eigenvalue weighted by molar-refractivity contribution is 0.112. The van der Waals surface area contributed by atoms with Gasteiger partial charge in [0.25, 0.3) is 0 Å². The van der Waals surface area contributed by atoms with E-state index < -0.39 is 0 Å². The Morgan fingerprint density at radius 3 is 2.59 bits per heavy atom. The lowest BCUT2D eigenvalue weighted by Gasteiger charge is -2.17. The molecule has 3 heterocycles. The highest BCUT2D eigenvalue weighted by atomic mass is 16.1. The number of nitrogens with zero attached hydrogens (tertiary/aromatic N) is 4. The van der Waals surface area contributed by atoms with Gasteiger partial charge in [0.15, 0.2) is 12.1 Å². The Hall–Kier alpha value is -2.69. The predicted octanol–water partition coefficient (Wildman–Crippen LogP) is 2.81. The van der Waals surface area contributed by atoms with Gasteiger partial charge in [-0.3, -0.25) is 4.79 Å². The van der Waals surface area contributed by atoms with Crippen LogP contribution in [0.5, 0.6) is 0 Å². The molecule has 5 heteroatoms. The molecule has 0 N–H and O–H groups in total. The van der Waals surface area contributed by atoms with Crippen LogP contribution in [0.3, 0.4) is 0 Å². The molecule has 0 spiro atoms. The predicted molar refractivity (Wildman–Crippen MR) is 85.3 cm³/mol. The molecule has 0 saturated carbocycles. The third kappa shape index (κ3) is 1.97. The van der Waals surface area contributed by atoms with E-state index in [0.29, 0.717) is 11.3 Å². The number of rotatable bonds is 3. The molecule has 1 saturated heterocycles. The smallest absolute Gasteiger partial charge is 0.155 e. The quantitative estimate of drug-likeness (QED) is 0.697. The fraction of sp³-hybridized carbons (Fsp3) is 0.235. The molecule has 0 atom stereocenters. The number of carbonyl (C=O) groups is 1. The SMILES string of the molecule is O=Cc1c(-c2ccccc2)nn2ccnc(N3CCCC3)c12. The largest absolute Gasteiger partial charge is 0.355 e. The van der Waals surface area contributed by atoms with E-state index in [1.807, 2.05) is 30.3 Å². The number of benzene rings is 1. The van der Waals surface area contributed by atoms with Gasteiger partial charge in [-0.1, -0.05) is 30.3 Å². The Kier molecular flexibility index (Phi) is 3.11. The second kappa shape index (κ2) is 5.26. The number of anilines is 1. The van der Waals surface area contributed by atoms with Crippen LogP contribution in [0.15, 0.2) is 42.7 Å². The first kappa shape index (κ1) is 13.0. The number of carbonyl (C=O) groups excluding carboxylic acids is 1. The van der Waals surface area contributed by atoms with E-state index in [1.165, 1.54) is 12.8 Å². The molecule has 0 aliphatic carbocycles. The van der Waals surface area contributed by atoms with E-state index in [4.69, 9.17) is 0 Å². The Bertz CT molecular complexity index is 819. The first-order valence-electron chi connectivity index (χ1n) is 7.51. The molecule has 4 rings (SSSR count). The number of fused-ring (bicyclic) bond motifs is 1. The fourth-order valence-electron chi connectivity index (χ4n) is 3.09. The lowest BCUT2D eigenvalue weighted by Crippen LogP contribution is -2.20. The van der Waals surface area contributed by atoms with Gasteiger partial charge in [-0.2, -0.15) is 5.10 Å². The van der Waals surface area contributed by atoms with Gasteiger partial charge in [0.1, 0.15) is 11.2 Å². The molecule has 0 bridgehead atoms. The van der Waals surface area contributed by atoms with Crippen molar-refractivity contribution in [2.75, 3.05) is 18.0 Å². The van der Waals surface area contributed by atoms with Gasteiger partial charge < -0.3 is 4.90 Å². The summed E-state index contributed by atoms with van der Waals surface area (Å²) in [6.45, 7) is 1.97. The summed E-state index contributed by atoms with van der Waals surface area (Å²) < 4.78 is 1.77. The maximum Gasteiger partial charge on any atom is 0.155 e. The molecule has 22 heavy (non-hydrogen) atoms. The molecule has 0 unspecified atom stereocenters. The van der Waals surface area contributed by atoms with Crippen LogP contribution in [0.2, 0.25) is 0 Å². The average Bonchev–Trinajstić information content (AvgIpc) is 3.22. The van der Waals surface area contributed by atoms with Crippen LogP contribution >= 0.6 is 0 Å². The molecule has 2 aromatic heterocycles. The van der Waals surface area contributed by atoms with Crippen molar-refractivity contribution in [3.8, 4) is 11.3 Å². The van der Waals surface area contributed by atoms with Crippen molar-refractivity contribution in [1.82, 2.24) is 14.6 Å². The molecule has 110 valence electrons. The minimum absolute atomic E-state index is 0.612. The minimum Gasteiger partial charge on any atom is -0.355 e. The summed E-state index contributed by atoms with van der Waals surface area (Å²) in [4.78, 5) is 18.5. The molecule has 1 fully saturated rings. The van der Waals surface area contributed by atoms with Crippen LogP contribution in [-0.2, 0) is 0 Å². The van der Waals surface area contributed by atoms with Crippen molar-refractivity contribution in [2.24, 2.45) is 0 Å². The van der Waals surface area contributed by atoms with Crippen LogP contribution in [-0.4, -0.2) is 34.0 Å². The zero-order valence-corrected chi connectivity index (χ0v) is 12.1. The average molecular weight is 292 g/mol. The minimum atomic E-state index is 0.612. The first-order valence-corrected chi connectivity index (χ1v) is 7.51. The maximum atomic E-state index is 11.7. The summed E-state index contributed by atoms with van der Waals surface area (Å²) in [6, 6.07) is 9.80. The van der Waals surface area contributed by atoms with E-state index in [-0.39, 0.29) is 0 Å². The van der Waals surface area contributed by atoms with Gasteiger partial charge in [0, 0.05) is 31.0 Å². The molecule has 0 amide bonds. The third-order valence-electron chi connectivity index (χ3n) is 4.13. The van der Waals surface area contributed by atoms with Crippen LogP contribution in [0.25, 0.3) is 16.8 Å². The summed E-state index contributed by atoms with van der Waals surface area (Å²) in [5, 5.41) is 4.60. The summed E-state index contributed by atoms with van der Waals surface area (Å²) in [5.41, 5.74) is 3.07. The summed E-state index contributed by atoms with van der Waals surface area (Å²) in [7, 11) is 0. The van der Waals surface area contributed by atoms with E-state index in [2.05, 4.69) is 15.0 Å². The van der Waals surface area contributed by atoms with E-state index in [0.717, 1.165) is 36.3 Å². The van der Waals surface area contributed by atoms with Gasteiger partial charge in [0.05, 0.1) is 5.56 Å². The lowest BCUT2D eigenvalue weighted by atomic mass is 10.1. The second-order valence-electron chi connectivity index (χ2n) is 5.48. The van der Waals surface area contributed by atoms with E-state index >= 15 is 0 Å². The maximum absolute atomic E-state index is 11.7. The van der Waals surface area contributed by atoms with Crippen LogP contribution in [0.4, 0.5) is 5.82 Å². The molecular weight excluding hydrogens is 276 g/mol. The Balaban J connectivity index is 1.97. The molecule has 3 aromatic rings. The zero-order chi connectivity index (χ0) is 14.9. The van der Waals surface area contributed by atoms with Crippen molar-refractivity contribution in [3.63, 3.8) is 0 Å². The second-order valence-corrected chi connectivity index (χ2v) is 5.48. The highest BCUT2D eigenvalue weighted by molar-refractivity contribution is 5.98. The molecule has 1 aliphatic heterocycles. The Labute approximate surface area is 128 Å². The summed E-state index contributed by atoms with van der Waals surface area (Å²) in [5.74, 6) is 0.858. The molecular formula is C17H16N4O. The molecule has 1 aromatic carbocycles. The van der Waals surface area contributed by atoms with Gasteiger partial charge in [-0.15, -0.1) is 0 Å². The number of aromatic nitrogens is 3. The van der Waals surface area contributed by atoms with Crippen molar-refractivity contribution in [3.05, 3.63) is 48.3 Å². The first-order chi connectivity index (χ1) is 10.9. The summed E-state index contributed by atoms with van der Waals surface area (Å²) >= 11 is 0. The van der Waals surface area contributed by atoms with Gasteiger partial charge in [-0.05, 0) is 12.8 Å². The number of hydrogen-bond donors (Lipinski definition) is 0. The Morgan fingerprint density at radius 2 is 1.86 bits per heavy atom. The van der Waals surface area contributed by atoms with Crippen LogP contribution in [0, 0.1) is 0 Å². The molecule has 0 radical (unpaired) electrons. The normalized spacial score (nSPS) is 14.6. The fourth-order valence-corrected chi connectivity index (χ4v) is 3.09. The highest BCUT2D eigenvalue weighted by Crippen LogP contribution is 2.30. The highest BCUT2D eigenvalue weighted by Gasteiger charge is 2.22. The van der Waals surface area contributed by atoms with Crippen molar-refractivity contribution < 1.29 is 4.79 Å². The number of aldehydes is 1. The van der Waals surface area contributed by atoms with Crippen molar-refractivity contribution in [2.45, 2.75) is 12.8 Å². The van der Waals surface area contributed by atoms with Gasteiger partial charge in [0.2, 0.25) is 0 Å². The Morgan fingerprint density at radius 1 is 1.09 bits per heavy atom. The zero-order valence-electron chi connectivity index (χ0n) is 12.1. The number of hydrogen-bond acceptors (Lipinski definition) is 4. The summed E-state index contributed by atoms with van der Waals surface area (Å²) in [6.07, 6.45) is 6.77. The topological polar surface area (TPSA) is 50.5 Å². The molecule has 1 aliphatic rings. The van der Waals surface area contributed by atoms with E-state index in [9.17, 15) is 4.79 Å². The standard InChI is InChI=1S/C17H16N4O/c22-12-14-15(13-6-2-1-3-7-13)19-21-11-8-18-17(16(14)21)20-9-4-5-10-20/h1-3,6-8,11-12H,4-5,9-10H2. The van der Waals surface area contributed by atoms with Gasteiger partial charge >= 0.3 is 0 Å². The van der Waals surface area contributed by atoms with Crippen molar-refractivity contribution >= 4 is 17.6 Å². The third-order valence-corrected chi connectivity index (χ3v) is 4.13. The monoisotopic (exact) mass is 292 g/mol.